The monoisotopic (exact) mass is 480 g/mol. The Morgan fingerprint density at radius 3 is 1.31 bits per heavy atom. The first-order valence-corrected chi connectivity index (χ1v) is 14.1. The lowest BCUT2D eigenvalue weighted by Gasteiger charge is -2.35. The van der Waals surface area contributed by atoms with Crippen molar-refractivity contribution in [1.82, 2.24) is 0 Å². The average molecular weight is 481 g/mol. The number of rotatable bonds is 2. The Kier molecular flexibility index (Phi) is 14.9. The molecule has 0 heterocycles. The number of benzene rings is 2. The first-order chi connectivity index (χ1) is 17.8. The fourth-order valence-corrected chi connectivity index (χ4v) is 4.68. The molecule has 0 unspecified atom stereocenters. The first-order valence-electron chi connectivity index (χ1n) is 14.1. The molecule has 0 spiro atoms. The molecule has 0 radical (unpaired) electrons. The maximum absolute atomic E-state index is 2.32. The molecule has 0 saturated carbocycles. The summed E-state index contributed by atoms with van der Waals surface area (Å²) >= 11 is 0. The zero-order valence-electron chi connectivity index (χ0n) is 24.0. The van der Waals surface area contributed by atoms with E-state index in [1.165, 1.54) is 39.8 Å². The third-order valence-corrected chi connectivity index (χ3v) is 5.78. The average Bonchev–Trinajstić information content (AvgIpc) is 3.24. The van der Waals surface area contributed by atoms with Crippen LogP contribution in [0.15, 0.2) is 120 Å². The summed E-state index contributed by atoms with van der Waals surface area (Å²) in [6.07, 6.45) is 25.9. The summed E-state index contributed by atoms with van der Waals surface area (Å²) in [5, 5.41) is 0. The van der Waals surface area contributed by atoms with E-state index in [0.717, 1.165) is 12.8 Å². The van der Waals surface area contributed by atoms with Crippen molar-refractivity contribution in [2.75, 3.05) is 0 Å². The van der Waals surface area contributed by atoms with E-state index in [9.17, 15) is 0 Å². The van der Waals surface area contributed by atoms with Gasteiger partial charge in [0.1, 0.15) is 0 Å². The van der Waals surface area contributed by atoms with Crippen LogP contribution in [0, 0.1) is 0 Å². The fraction of sp³-hybridized carbons (Fsp3) is 0.333. The number of hydrogen-bond acceptors (Lipinski definition) is 0. The maximum Gasteiger partial charge on any atom is 0.0713 e. The predicted octanol–water partition coefficient (Wildman–Crippen LogP) is 11.3. The van der Waals surface area contributed by atoms with Crippen LogP contribution in [0.4, 0.5) is 0 Å². The molecule has 0 bridgehead atoms. The highest BCUT2D eigenvalue weighted by Crippen LogP contribution is 2.57. The zero-order valence-corrected chi connectivity index (χ0v) is 24.0. The molecule has 2 aromatic rings. The lowest BCUT2D eigenvalue weighted by molar-refractivity contribution is 0.765. The lowest BCUT2D eigenvalue weighted by Crippen LogP contribution is -2.29. The van der Waals surface area contributed by atoms with Crippen LogP contribution in [0.3, 0.4) is 0 Å². The van der Waals surface area contributed by atoms with Crippen molar-refractivity contribution in [2.45, 2.75) is 80.1 Å². The van der Waals surface area contributed by atoms with Crippen LogP contribution >= 0.6 is 0 Å². The SMILES string of the molecule is C1=CCC=CC(C2(C3=CC=CCC=C3)c3ccccc3-c3ccccc32)=C1.CC.CC.CC.CCC. The van der Waals surface area contributed by atoms with E-state index in [2.05, 4.69) is 123 Å². The van der Waals surface area contributed by atoms with Gasteiger partial charge in [0.15, 0.2) is 0 Å². The molecule has 0 nitrogen and oxygen atoms in total. The van der Waals surface area contributed by atoms with Crippen molar-refractivity contribution in [3.05, 3.63) is 132 Å². The highest BCUT2D eigenvalue weighted by molar-refractivity contribution is 5.87. The van der Waals surface area contributed by atoms with E-state index >= 15 is 0 Å². The van der Waals surface area contributed by atoms with E-state index in [1.54, 1.807) is 0 Å². The molecular formula is C36H48. The van der Waals surface area contributed by atoms with Crippen molar-refractivity contribution in [1.29, 1.82) is 0 Å². The normalized spacial score (nSPS) is 15.2. The van der Waals surface area contributed by atoms with Gasteiger partial charge in [-0.3, -0.25) is 0 Å². The van der Waals surface area contributed by atoms with Crippen LogP contribution in [-0.2, 0) is 5.41 Å². The summed E-state index contributed by atoms with van der Waals surface area (Å²) in [6, 6.07) is 17.8. The Morgan fingerprint density at radius 1 is 0.556 bits per heavy atom. The van der Waals surface area contributed by atoms with Crippen LogP contribution in [-0.4, -0.2) is 0 Å². The molecule has 0 fully saturated rings. The van der Waals surface area contributed by atoms with E-state index in [0.29, 0.717) is 0 Å². The number of hydrogen-bond donors (Lipinski definition) is 0. The summed E-state index contributed by atoms with van der Waals surface area (Å²) in [6.45, 7) is 16.2. The summed E-state index contributed by atoms with van der Waals surface area (Å²) in [5.74, 6) is 0. The molecule has 5 rings (SSSR count). The second kappa shape index (κ2) is 17.3. The number of allylic oxidation sites excluding steroid dienone is 12. The van der Waals surface area contributed by atoms with Crippen molar-refractivity contribution in [3.8, 4) is 11.1 Å². The summed E-state index contributed by atoms with van der Waals surface area (Å²) in [4.78, 5) is 0. The third kappa shape index (κ3) is 6.55. The molecule has 192 valence electrons. The molecule has 0 heteroatoms. The molecule has 0 N–H and O–H groups in total. The Balaban J connectivity index is 0.000000647. The third-order valence-electron chi connectivity index (χ3n) is 5.78. The van der Waals surface area contributed by atoms with Crippen molar-refractivity contribution in [2.24, 2.45) is 0 Å². The minimum Gasteiger partial charge on any atom is -0.0807 e. The summed E-state index contributed by atoms with van der Waals surface area (Å²) in [5.41, 5.74) is 7.84. The highest BCUT2D eigenvalue weighted by Gasteiger charge is 2.46. The summed E-state index contributed by atoms with van der Waals surface area (Å²) in [7, 11) is 0. The van der Waals surface area contributed by atoms with Gasteiger partial charge in [-0.1, -0.05) is 171 Å². The standard InChI is InChI=1S/C27H22.C3H8.3C2H6/c1-2-6-14-21(13-5-1)27(22-15-7-3-4-8-16-22)25-19-11-9-17-23(25)24-18-10-12-20-26(24)27;1-3-2;3*1-2/h1,3,5-20H,2,4H2;3H2,1-2H3;3*1-2H3. The Labute approximate surface area is 222 Å². The van der Waals surface area contributed by atoms with Crippen molar-refractivity contribution >= 4 is 0 Å². The van der Waals surface area contributed by atoms with Gasteiger partial charge in [0.25, 0.3) is 0 Å². The molecule has 2 aromatic carbocycles. The lowest BCUT2D eigenvalue weighted by atomic mass is 9.66. The van der Waals surface area contributed by atoms with Gasteiger partial charge < -0.3 is 0 Å². The van der Waals surface area contributed by atoms with Crippen LogP contribution in [0.25, 0.3) is 11.1 Å². The van der Waals surface area contributed by atoms with Crippen LogP contribution in [0.1, 0.15) is 85.8 Å². The van der Waals surface area contributed by atoms with E-state index in [-0.39, 0.29) is 5.41 Å². The van der Waals surface area contributed by atoms with Gasteiger partial charge in [-0.25, -0.2) is 0 Å². The molecule has 3 aliphatic rings. The molecule has 0 aromatic heterocycles. The molecule has 0 saturated heterocycles. The highest BCUT2D eigenvalue weighted by atomic mass is 14.5. The van der Waals surface area contributed by atoms with Crippen molar-refractivity contribution in [3.63, 3.8) is 0 Å². The zero-order chi connectivity index (χ0) is 26.8. The molecule has 0 amide bonds. The van der Waals surface area contributed by atoms with Crippen LogP contribution in [0.5, 0.6) is 0 Å². The molecule has 3 aliphatic carbocycles. The van der Waals surface area contributed by atoms with Gasteiger partial charge in [0.2, 0.25) is 0 Å². The number of fused-ring (bicyclic) bond motifs is 3. The molecule has 0 atom stereocenters. The summed E-state index contributed by atoms with van der Waals surface area (Å²) < 4.78 is 0. The van der Waals surface area contributed by atoms with E-state index in [4.69, 9.17) is 0 Å². The van der Waals surface area contributed by atoms with Gasteiger partial charge in [-0.15, -0.1) is 0 Å². The van der Waals surface area contributed by atoms with Gasteiger partial charge in [0, 0.05) is 0 Å². The molecule has 36 heavy (non-hydrogen) atoms. The quantitative estimate of drug-likeness (QED) is 0.401. The van der Waals surface area contributed by atoms with E-state index < -0.39 is 0 Å². The Bertz CT molecular complexity index is 995. The molecule has 0 aliphatic heterocycles. The second-order valence-corrected chi connectivity index (χ2v) is 7.92. The van der Waals surface area contributed by atoms with Gasteiger partial charge in [-0.05, 0) is 46.2 Å². The van der Waals surface area contributed by atoms with Gasteiger partial charge >= 0.3 is 0 Å². The van der Waals surface area contributed by atoms with Crippen molar-refractivity contribution < 1.29 is 0 Å². The van der Waals surface area contributed by atoms with E-state index in [1.807, 2.05) is 41.5 Å². The smallest absolute Gasteiger partial charge is 0.0713 e. The van der Waals surface area contributed by atoms with Crippen LogP contribution in [0.2, 0.25) is 0 Å². The Morgan fingerprint density at radius 2 is 0.917 bits per heavy atom. The van der Waals surface area contributed by atoms with Gasteiger partial charge in [0.05, 0.1) is 5.41 Å². The topological polar surface area (TPSA) is 0 Å². The fourth-order valence-electron chi connectivity index (χ4n) is 4.68. The van der Waals surface area contributed by atoms with Crippen LogP contribution < -0.4 is 0 Å². The molecular weight excluding hydrogens is 432 g/mol. The largest absolute Gasteiger partial charge is 0.0807 e. The predicted molar refractivity (Wildman–Crippen MR) is 165 cm³/mol. The first kappa shape index (κ1) is 30.9. The second-order valence-electron chi connectivity index (χ2n) is 7.92. The Hall–Kier alpha value is -3.12. The van der Waals surface area contributed by atoms with Gasteiger partial charge in [-0.2, -0.15) is 0 Å². The minimum absolute atomic E-state index is 0.274. The maximum atomic E-state index is 2.32. The minimum atomic E-state index is -0.274.